The largest absolute Gasteiger partial charge is 0.334 e. The molecule has 8 heteroatoms. The third-order valence-electron chi connectivity index (χ3n) is 3.22. The average molecular weight is 348 g/mol. The van der Waals surface area contributed by atoms with Crippen LogP contribution in [0.5, 0.6) is 0 Å². The maximum Gasteiger partial charge on any atom is 0.262 e. The number of pyridine rings is 1. The van der Waals surface area contributed by atoms with Crippen molar-refractivity contribution in [1.82, 2.24) is 15.1 Å². The Kier molecular flexibility index (Phi) is 3.80. The smallest absolute Gasteiger partial charge is 0.262 e. The van der Waals surface area contributed by atoms with E-state index in [2.05, 4.69) is 31.1 Å². The summed E-state index contributed by atoms with van der Waals surface area (Å²) in [6.45, 7) is 0. The molecule has 0 aromatic carbocycles. The van der Waals surface area contributed by atoms with Crippen molar-refractivity contribution in [3.8, 4) is 11.5 Å². The molecule has 2 heterocycles. The first-order valence-electron chi connectivity index (χ1n) is 5.60. The molecule has 0 aliphatic heterocycles. The van der Waals surface area contributed by atoms with Crippen LogP contribution >= 0.6 is 28.3 Å². The number of nitrogens with two attached hydrogens (primary N) is 1. The third kappa shape index (κ3) is 2.45. The number of hydrogen-bond donors (Lipinski definition) is 2. The van der Waals surface area contributed by atoms with Gasteiger partial charge in [0.25, 0.3) is 11.4 Å². The van der Waals surface area contributed by atoms with Crippen molar-refractivity contribution in [2.45, 2.75) is 24.8 Å². The van der Waals surface area contributed by atoms with Crippen LogP contribution in [-0.4, -0.2) is 15.1 Å². The summed E-state index contributed by atoms with van der Waals surface area (Å²) in [7, 11) is 0. The van der Waals surface area contributed by atoms with E-state index >= 15 is 0 Å². The van der Waals surface area contributed by atoms with Gasteiger partial charge in [0.2, 0.25) is 0 Å². The Morgan fingerprint density at radius 1 is 1.47 bits per heavy atom. The summed E-state index contributed by atoms with van der Waals surface area (Å²) >= 11 is 3.16. The van der Waals surface area contributed by atoms with Crippen LogP contribution in [0.25, 0.3) is 11.5 Å². The quantitative estimate of drug-likeness (QED) is 0.865. The Bertz CT molecular complexity index is 650. The van der Waals surface area contributed by atoms with Crippen LogP contribution in [0.2, 0.25) is 0 Å². The molecule has 0 saturated heterocycles. The molecule has 1 saturated carbocycles. The molecule has 0 amide bonds. The van der Waals surface area contributed by atoms with E-state index in [9.17, 15) is 4.79 Å². The number of aromatic amines is 1. The van der Waals surface area contributed by atoms with E-state index in [0.29, 0.717) is 21.8 Å². The molecule has 0 radical (unpaired) electrons. The lowest BCUT2D eigenvalue weighted by Gasteiger charge is -2.34. The number of rotatable bonds is 2. The van der Waals surface area contributed by atoms with Gasteiger partial charge in [0.05, 0.1) is 15.6 Å². The maximum atomic E-state index is 11.2. The van der Waals surface area contributed by atoms with E-state index in [1.165, 1.54) is 6.20 Å². The lowest BCUT2D eigenvalue weighted by Crippen LogP contribution is -2.44. The van der Waals surface area contributed by atoms with Crippen LogP contribution < -0.4 is 11.3 Å². The summed E-state index contributed by atoms with van der Waals surface area (Å²) in [6.07, 6.45) is 4.38. The van der Waals surface area contributed by atoms with Crippen molar-refractivity contribution in [3.63, 3.8) is 0 Å². The molecule has 1 aliphatic carbocycles. The van der Waals surface area contributed by atoms with Crippen molar-refractivity contribution >= 4 is 28.3 Å². The Morgan fingerprint density at radius 2 is 2.21 bits per heavy atom. The predicted molar refractivity (Wildman–Crippen MR) is 75.0 cm³/mol. The van der Waals surface area contributed by atoms with Crippen LogP contribution in [0.15, 0.2) is 26.1 Å². The third-order valence-corrected chi connectivity index (χ3v) is 3.81. The Balaban J connectivity index is 0.00000133. The summed E-state index contributed by atoms with van der Waals surface area (Å²) < 4.78 is 5.61. The number of nitrogens with zero attached hydrogens (tertiary/aromatic N) is 2. The molecule has 2 aromatic heterocycles. The van der Waals surface area contributed by atoms with Gasteiger partial charge >= 0.3 is 0 Å². The zero-order valence-corrected chi connectivity index (χ0v) is 12.3. The lowest BCUT2D eigenvalue weighted by atomic mass is 9.77. The van der Waals surface area contributed by atoms with E-state index in [1.54, 1.807) is 6.07 Å². The SMILES string of the molecule is Cl.NC1(c2noc(-c3c[nH]c(=O)c(Br)c3)n2)CCC1. The summed E-state index contributed by atoms with van der Waals surface area (Å²) in [5, 5.41) is 3.92. The summed E-state index contributed by atoms with van der Waals surface area (Å²) in [5.41, 5.74) is 6.13. The highest BCUT2D eigenvalue weighted by molar-refractivity contribution is 9.10. The predicted octanol–water partition coefficient (Wildman–Crippen LogP) is 1.95. The van der Waals surface area contributed by atoms with E-state index < -0.39 is 5.54 Å². The molecule has 0 spiro atoms. The van der Waals surface area contributed by atoms with Gasteiger partial charge in [0.15, 0.2) is 5.82 Å². The molecule has 19 heavy (non-hydrogen) atoms. The van der Waals surface area contributed by atoms with Gasteiger partial charge in [-0.3, -0.25) is 4.79 Å². The van der Waals surface area contributed by atoms with Gasteiger partial charge in [-0.1, -0.05) is 5.16 Å². The van der Waals surface area contributed by atoms with E-state index in [1.807, 2.05) is 0 Å². The highest BCUT2D eigenvalue weighted by Crippen LogP contribution is 2.37. The second kappa shape index (κ2) is 5.07. The molecule has 2 aromatic rings. The first-order valence-corrected chi connectivity index (χ1v) is 6.39. The minimum absolute atomic E-state index is 0. The molecule has 102 valence electrons. The molecular formula is C11H12BrClN4O2. The number of nitrogens with one attached hydrogen (secondary N) is 1. The summed E-state index contributed by atoms with van der Waals surface area (Å²) in [4.78, 5) is 18.1. The maximum absolute atomic E-state index is 11.2. The minimum Gasteiger partial charge on any atom is -0.334 e. The highest BCUT2D eigenvalue weighted by Gasteiger charge is 2.39. The number of halogens is 2. The van der Waals surface area contributed by atoms with Gasteiger partial charge in [-0.05, 0) is 41.3 Å². The van der Waals surface area contributed by atoms with Gasteiger partial charge in [0, 0.05) is 6.20 Å². The van der Waals surface area contributed by atoms with Crippen molar-refractivity contribution in [3.05, 3.63) is 32.9 Å². The van der Waals surface area contributed by atoms with Crippen molar-refractivity contribution < 1.29 is 4.52 Å². The van der Waals surface area contributed by atoms with Crippen molar-refractivity contribution in [2.75, 3.05) is 0 Å². The van der Waals surface area contributed by atoms with Crippen LogP contribution in [0.1, 0.15) is 25.1 Å². The van der Waals surface area contributed by atoms with Gasteiger partial charge in [0.1, 0.15) is 0 Å². The number of H-pyrrole nitrogens is 1. The topological polar surface area (TPSA) is 97.8 Å². The Labute approximate surface area is 123 Å². The van der Waals surface area contributed by atoms with E-state index in [-0.39, 0.29) is 18.0 Å². The molecule has 1 aliphatic rings. The number of hydrogen-bond acceptors (Lipinski definition) is 5. The second-order valence-electron chi connectivity index (χ2n) is 4.50. The van der Waals surface area contributed by atoms with Gasteiger partial charge in [-0.2, -0.15) is 4.98 Å². The van der Waals surface area contributed by atoms with Gasteiger partial charge < -0.3 is 15.2 Å². The van der Waals surface area contributed by atoms with Gasteiger partial charge in [-0.25, -0.2) is 0 Å². The Hall–Kier alpha value is -1.18. The molecule has 6 nitrogen and oxygen atoms in total. The van der Waals surface area contributed by atoms with E-state index in [4.69, 9.17) is 10.3 Å². The molecule has 3 N–H and O–H groups in total. The molecule has 3 rings (SSSR count). The molecule has 0 bridgehead atoms. The molecule has 1 fully saturated rings. The first-order chi connectivity index (χ1) is 8.58. The standard InChI is InChI=1S/C11H11BrN4O2.ClH/c12-7-4-6(5-14-8(7)17)9-15-10(16-18-9)11(13)2-1-3-11;/h4-5H,1-3,13H2,(H,14,17);1H. The Morgan fingerprint density at radius 3 is 2.79 bits per heavy atom. The van der Waals surface area contributed by atoms with Crippen molar-refractivity contribution in [2.24, 2.45) is 5.73 Å². The monoisotopic (exact) mass is 346 g/mol. The molecule has 0 atom stereocenters. The van der Waals surface area contributed by atoms with Gasteiger partial charge in [-0.15, -0.1) is 12.4 Å². The van der Waals surface area contributed by atoms with E-state index in [0.717, 1.165) is 19.3 Å². The number of aromatic nitrogens is 3. The highest BCUT2D eigenvalue weighted by atomic mass is 79.9. The lowest BCUT2D eigenvalue weighted by molar-refractivity contribution is 0.229. The second-order valence-corrected chi connectivity index (χ2v) is 5.35. The summed E-state index contributed by atoms with van der Waals surface area (Å²) in [6, 6.07) is 1.64. The van der Waals surface area contributed by atoms with Crippen LogP contribution in [-0.2, 0) is 5.54 Å². The fourth-order valence-electron chi connectivity index (χ4n) is 1.90. The summed E-state index contributed by atoms with van der Waals surface area (Å²) in [5.74, 6) is 0.893. The average Bonchev–Trinajstić information content (AvgIpc) is 2.79. The zero-order valence-electron chi connectivity index (χ0n) is 9.85. The minimum atomic E-state index is -0.443. The molecule has 0 unspecified atom stereocenters. The van der Waals surface area contributed by atoms with Crippen LogP contribution in [0.4, 0.5) is 0 Å². The van der Waals surface area contributed by atoms with Crippen LogP contribution in [0.3, 0.4) is 0 Å². The zero-order chi connectivity index (χ0) is 12.8. The first kappa shape index (κ1) is 14.2. The van der Waals surface area contributed by atoms with Crippen LogP contribution in [0, 0.1) is 0 Å². The molecular weight excluding hydrogens is 336 g/mol. The fraction of sp³-hybridized carbons (Fsp3) is 0.364. The van der Waals surface area contributed by atoms with Crippen molar-refractivity contribution in [1.29, 1.82) is 0 Å². The normalized spacial score (nSPS) is 16.5. The fourth-order valence-corrected chi connectivity index (χ4v) is 2.26.